The molecule has 0 aliphatic carbocycles. The summed E-state index contributed by atoms with van der Waals surface area (Å²) < 4.78 is 0. The van der Waals surface area contributed by atoms with Crippen molar-refractivity contribution in [2.45, 2.75) is 33.2 Å². The fourth-order valence-electron chi connectivity index (χ4n) is 1.12. The third-order valence-electron chi connectivity index (χ3n) is 2.29. The first-order valence-electron chi connectivity index (χ1n) is 4.84. The Morgan fingerprint density at radius 3 is 2.62 bits per heavy atom. The van der Waals surface area contributed by atoms with Crippen molar-refractivity contribution >= 4 is 5.82 Å². The number of pyridine rings is 1. The maximum absolute atomic E-state index is 4.54. The molecule has 0 saturated carbocycles. The Bertz CT molecular complexity index is 269. The van der Waals surface area contributed by atoms with Crippen LogP contribution in [0.1, 0.15) is 26.5 Å². The molecule has 0 atom stereocenters. The fraction of sp³-hybridized carbons (Fsp3) is 0.545. The molecule has 0 fully saturated rings. The predicted molar refractivity (Wildman–Crippen MR) is 57.2 cm³/mol. The van der Waals surface area contributed by atoms with Crippen LogP contribution in [-0.2, 0) is 6.42 Å². The number of hydrogen-bond acceptors (Lipinski definition) is 2. The summed E-state index contributed by atoms with van der Waals surface area (Å²) in [6.07, 6.45) is 1.000. The van der Waals surface area contributed by atoms with Gasteiger partial charge in [-0.2, -0.15) is 0 Å². The van der Waals surface area contributed by atoms with E-state index < -0.39 is 0 Å². The average Bonchev–Trinajstić information content (AvgIpc) is 2.16. The van der Waals surface area contributed by atoms with E-state index in [1.807, 2.05) is 0 Å². The van der Waals surface area contributed by atoms with Gasteiger partial charge in [0.05, 0.1) is 0 Å². The van der Waals surface area contributed by atoms with E-state index >= 15 is 0 Å². The quantitative estimate of drug-likeness (QED) is 0.707. The van der Waals surface area contributed by atoms with Gasteiger partial charge in [0.1, 0.15) is 5.82 Å². The molecule has 1 aromatic heterocycles. The Balaban J connectivity index is 2.88. The molecule has 0 radical (unpaired) electrons. The summed E-state index contributed by atoms with van der Waals surface area (Å²) in [5.41, 5.74) is 1.16. The minimum absolute atomic E-state index is 0.500. The molecule has 0 saturated heterocycles. The van der Waals surface area contributed by atoms with E-state index in [0.29, 0.717) is 6.04 Å². The molecule has 0 unspecified atom stereocenters. The second kappa shape index (κ2) is 4.26. The Labute approximate surface area is 80.6 Å². The van der Waals surface area contributed by atoms with Gasteiger partial charge >= 0.3 is 0 Å². The monoisotopic (exact) mass is 178 g/mol. The van der Waals surface area contributed by atoms with Crippen LogP contribution >= 0.6 is 0 Å². The molecule has 0 bridgehead atoms. The highest BCUT2D eigenvalue weighted by molar-refractivity contribution is 5.39. The maximum Gasteiger partial charge on any atom is 0.128 e. The van der Waals surface area contributed by atoms with Gasteiger partial charge in [-0.05, 0) is 32.4 Å². The Kier molecular flexibility index (Phi) is 3.29. The van der Waals surface area contributed by atoms with Crippen LogP contribution in [0.15, 0.2) is 18.2 Å². The van der Waals surface area contributed by atoms with Gasteiger partial charge in [-0.1, -0.05) is 13.0 Å². The smallest absolute Gasteiger partial charge is 0.128 e. The summed E-state index contributed by atoms with van der Waals surface area (Å²) in [6.45, 7) is 6.46. The predicted octanol–water partition coefficient (Wildman–Crippen LogP) is 2.49. The van der Waals surface area contributed by atoms with Gasteiger partial charge < -0.3 is 4.90 Å². The maximum atomic E-state index is 4.54. The van der Waals surface area contributed by atoms with Crippen molar-refractivity contribution in [2.24, 2.45) is 0 Å². The lowest BCUT2D eigenvalue weighted by atomic mass is 10.2. The van der Waals surface area contributed by atoms with E-state index in [4.69, 9.17) is 0 Å². The van der Waals surface area contributed by atoms with Crippen LogP contribution in [0.3, 0.4) is 0 Å². The van der Waals surface area contributed by atoms with Crippen molar-refractivity contribution in [3.63, 3.8) is 0 Å². The number of aromatic nitrogens is 1. The summed E-state index contributed by atoms with van der Waals surface area (Å²) in [5, 5.41) is 0. The highest BCUT2D eigenvalue weighted by Crippen LogP contribution is 2.12. The number of aryl methyl sites for hydroxylation is 1. The average molecular weight is 178 g/mol. The first-order chi connectivity index (χ1) is 6.15. The molecule has 0 N–H and O–H groups in total. The van der Waals surface area contributed by atoms with Gasteiger partial charge in [0.2, 0.25) is 0 Å². The van der Waals surface area contributed by atoms with Crippen molar-refractivity contribution < 1.29 is 0 Å². The Morgan fingerprint density at radius 1 is 1.38 bits per heavy atom. The highest BCUT2D eigenvalue weighted by Gasteiger charge is 2.05. The van der Waals surface area contributed by atoms with E-state index in [0.717, 1.165) is 17.9 Å². The van der Waals surface area contributed by atoms with Crippen molar-refractivity contribution in [2.75, 3.05) is 11.9 Å². The summed E-state index contributed by atoms with van der Waals surface area (Å²) in [5.74, 6) is 1.06. The second-order valence-corrected chi connectivity index (χ2v) is 3.55. The van der Waals surface area contributed by atoms with Crippen molar-refractivity contribution in [3.8, 4) is 0 Å². The SMILES string of the molecule is CCc1cccc(N(C)C(C)C)n1. The lowest BCUT2D eigenvalue weighted by Gasteiger charge is -2.22. The number of rotatable bonds is 3. The molecule has 2 heteroatoms. The summed E-state index contributed by atoms with van der Waals surface area (Å²) in [6, 6.07) is 6.69. The molecule has 13 heavy (non-hydrogen) atoms. The topological polar surface area (TPSA) is 16.1 Å². The van der Waals surface area contributed by atoms with E-state index in [1.165, 1.54) is 0 Å². The standard InChI is InChI=1S/C11H18N2/c1-5-10-7-6-8-11(12-10)13(4)9(2)3/h6-9H,5H2,1-4H3. The van der Waals surface area contributed by atoms with Gasteiger partial charge in [0, 0.05) is 18.8 Å². The van der Waals surface area contributed by atoms with E-state index in [9.17, 15) is 0 Å². The summed E-state index contributed by atoms with van der Waals surface area (Å²) >= 11 is 0. The molecule has 72 valence electrons. The van der Waals surface area contributed by atoms with Crippen molar-refractivity contribution in [1.82, 2.24) is 4.98 Å². The van der Waals surface area contributed by atoms with Gasteiger partial charge in [-0.15, -0.1) is 0 Å². The molecule has 2 nitrogen and oxygen atoms in total. The zero-order chi connectivity index (χ0) is 9.84. The molecule has 0 aliphatic heterocycles. The highest BCUT2D eigenvalue weighted by atomic mass is 15.2. The summed E-state index contributed by atoms with van der Waals surface area (Å²) in [4.78, 5) is 6.72. The fourth-order valence-corrected chi connectivity index (χ4v) is 1.12. The summed E-state index contributed by atoms with van der Waals surface area (Å²) in [7, 11) is 2.08. The molecule has 0 aromatic carbocycles. The molecular weight excluding hydrogens is 160 g/mol. The van der Waals surface area contributed by atoms with Crippen LogP contribution < -0.4 is 4.90 Å². The molecule has 1 aromatic rings. The lowest BCUT2D eigenvalue weighted by molar-refractivity contribution is 0.740. The third-order valence-corrected chi connectivity index (χ3v) is 2.29. The first-order valence-corrected chi connectivity index (χ1v) is 4.84. The minimum Gasteiger partial charge on any atom is -0.357 e. The Hall–Kier alpha value is -1.05. The van der Waals surface area contributed by atoms with Gasteiger partial charge in [-0.3, -0.25) is 0 Å². The van der Waals surface area contributed by atoms with E-state index in [-0.39, 0.29) is 0 Å². The van der Waals surface area contributed by atoms with Crippen LogP contribution in [-0.4, -0.2) is 18.1 Å². The molecule has 1 heterocycles. The molecule has 0 amide bonds. The zero-order valence-electron chi connectivity index (χ0n) is 8.91. The largest absolute Gasteiger partial charge is 0.357 e. The molecule has 0 aliphatic rings. The molecular formula is C11H18N2. The van der Waals surface area contributed by atoms with Crippen LogP contribution in [0.25, 0.3) is 0 Å². The van der Waals surface area contributed by atoms with Crippen molar-refractivity contribution in [1.29, 1.82) is 0 Å². The molecule has 1 rings (SSSR count). The molecule has 0 spiro atoms. The minimum atomic E-state index is 0.500. The number of hydrogen-bond donors (Lipinski definition) is 0. The van der Waals surface area contributed by atoms with Gasteiger partial charge in [-0.25, -0.2) is 4.98 Å². The van der Waals surface area contributed by atoms with Crippen molar-refractivity contribution in [3.05, 3.63) is 23.9 Å². The van der Waals surface area contributed by atoms with Gasteiger partial charge in [0.25, 0.3) is 0 Å². The normalized spacial score (nSPS) is 10.5. The van der Waals surface area contributed by atoms with Crippen LogP contribution in [0, 0.1) is 0 Å². The number of nitrogens with zero attached hydrogens (tertiary/aromatic N) is 2. The van der Waals surface area contributed by atoms with E-state index in [2.05, 4.69) is 55.9 Å². The lowest BCUT2D eigenvalue weighted by Crippen LogP contribution is -2.26. The van der Waals surface area contributed by atoms with Crippen LogP contribution in [0.5, 0.6) is 0 Å². The van der Waals surface area contributed by atoms with Gasteiger partial charge in [0.15, 0.2) is 0 Å². The van der Waals surface area contributed by atoms with Crippen LogP contribution in [0.4, 0.5) is 5.82 Å². The number of anilines is 1. The second-order valence-electron chi connectivity index (χ2n) is 3.55. The Morgan fingerprint density at radius 2 is 2.08 bits per heavy atom. The zero-order valence-corrected chi connectivity index (χ0v) is 8.91. The van der Waals surface area contributed by atoms with Crippen LogP contribution in [0.2, 0.25) is 0 Å². The van der Waals surface area contributed by atoms with E-state index in [1.54, 1.807) is 0 Å². The third kappa shape index (κ3) is 2.44. The first kappa shape index (κ1) is 10.0.